The van der Waals surface area contributed by atoms with Crippen LogP contribution in [-0.2, 0) is 11.4 Å². The predicted molar refractivity (Wildman–Crippen MR) is 158 cm³/mol. The maximum absolute atomic E-state index is 13.7. The standard InChI is InChI=1S/C28H25BrCl2N6O3/c1-4-39-23-13-18(12-20(29)26(23)40-14-17-7-10-21(30)22(31)11-17)25-24(16(3)32-28-34-35-36-37(25)28)27(38)33-19-8-5-15(2)6-9-19/h5-13,25H,4,14H2,1-3H3,(H,33,38)(H,32,34,36). The van der Waals surface area contributed by atoms with E-state index in [0.717, 1.165) is 16.7 Å². The number of aryl methyl sites for hydroxylation is 1. The van der Waals surface area contributed by atoms with Gasteiger partial charge in [0.1, 0.15) is 12.6 Å². The number of tetrazole rings is 1. The number of anilines is 2. The Morgan fingerprint density at radius 2 is 1.85 bits per heavy atom. The van der Waals surface area contributed by atoms with Crippen molar-refractivity contribution in [2.24, 2.45) is 0 Å². The molecule has 1 aliphatic heterocycles. The van der Waals surface area contributed by atoms with Gasteiger partial charge in [-0.05, 0) is 94.7 Å². The topological polar surface area (TPSA) is 103 Å². The molecular weight excluding hydrogens is 619 g/mol. The van der Waals surface area contributed by atoms with Crippen LogP contribution in [0.15, 0.2) is 70.3 Å². The molecule has 0 saturated heterocycles. The van der Waals surface area contributed by atoms with Gasteiger partial charge in [-0.3, -0.25) is 4.79 Å². The van der Waals surface area contributed by atoms with Crippen LogP contribution in [0.5, 0.6) is 11.5 Å². The second-order valence-electron chi connectivity index (χ2n) is 9.13. The van der Waals surface area contributed by atoms with Crippen LogP contribution in [0.3, 0.4) is 0 Å². The molecule has 9 nitrogen and oxygen atoms in total. The number of ether oxygens (including phenoxy) is 2. The summed E-state index contributed by atoms with van der Waals surface area (Å²) >= 11 is 15.9. The van der Waals surface area contributed by atoms with Crippen LogP contribution in [0.4, 0.5) is 11.6 Å². The molecule has 1 aliphatic rings. The minimum Gasteiger partial charge on any atom is -0.490 e. The quantitative estimate of drug-likeness (QED) is 0.214. The molecule has 206 valence electrons. The van der Waals surface area contributed by atoms with Crippen LogP contribution in [0.25, 0.3) is 0 Å². The number of hydrogen-bond donors (Lipinski definition) is 2. The normalized spacial score (nSPS) is 14.4. The Morgan fingerprint density at radius 3 is 2.58 bits per heavy atom. The van der Waals surface area contributed by atoms with Crippen molar-refractivity contribution in [3.63, 3.8) is 0 Å². The Labute approximate surface area is 249 Å². The molecule has 5 rings (SSSR count). The van der Waals surface area contributed by atoms with Crippen molar-refractivity contribution in [1.29, 1.82) is 0 Å². The summed E-state index contributed by atoms with van der Waals surface area (Å²) in [4.78, 5) is 13.7. The molecule has 0 bridgehead atoms. The molecule has 1 aromatic heterocycles. The van der Waals surface area contributed by atoms with Gasteiger partial charge in [0.25, 0.3) is 5.91 Å². The Kier molecular flexibility index (Phi) is 8.30. The number of nitrogens with zero attached hydrogens (tertiary/aromatic N) is 4. The van der Waals surface area contributed by atoms with Gasteiger partial charge in [0.05, 0.1) is 26.7 Å². The van der Waals surface area contributed by atoms with Gasteiger partial charge in [-0.1, -0.05) is 52.1 Å². The van der Waals surface area contributed by atoms with E-state index in [1.54, 1.807) is 16.8 Å². The van der Waals surface area contributed by atoms with Crippen molar-refractivity contribution in [3.05, 3.63) is 97.1 Å². The molecule has 4 aromatic rings. The maximum atomic E-state index is 13.7. The van der Waals surface area contributed by atoms with Gasteiger partial charge in [0.2, 0.25) is 5.95 Å². The van der Waals surface area contributed by atoms with Crippen LogP contribution < -0.4 is 20.1 Å². The van der Waals surface area contributed by atoms with Gasteiger partial charge in [0, 0.05) is 11.4 Å². The summed E-state index contributed by atoms with van der Waals surface area (Å²) in [5.41, 5.74) is 4.43. The molecule has 0 saturated carbocycles. The van der Waals surface area contributed by atoms with E-state index in [2.05, 4.69) is 42.1 Å². The molecule has 0 radical (unpaired) electrons. The number of rotatable bonds is 8. The highest BCUT2D eigenvalue weighted by Crippen LogP contribution is 2.43. The van der Waals surface area contributed by atoms with Crippen molar-refractivity contribution in [2.75, 3.05) is 17.2 Å². The molecule has 2 heterocycles. The molecule has 0 fully saturated rings. The lowest BCUT2D eigenvalue weighted by Gasteiger charge is -2.28. The second-order valence-corrected chi connectivity index (χ2v) is 10.8. The first-order valence-corrected chi connectivity index (χ1v) is 14.0. The summed E-state index contributed by atoms with van der Waals surface area (Å²) in [5, 5.41) is 19.2. The highest BCUT2D eigenvalue weighted by Gasteiger charge is 2.35. The minimum absolute atomic E-state index is 0.239. The van der Waals surface area contributed by atoms with Gasteiger partial charge in [-0.15, -0.1) is 0 Å². The van der Waals surface area contributed by atoms with E-state index in [1.165, 1.54) is 0 Å². The molecule has 40 heavy (non-hydrogen) atoms. The zero-order chi connectivity index (χ0) is 28.4. The Balaban J connectivity index is 1.52. The number of allylic oxidation sites excluding steroid dienone is 1. The van der Waals surface area contributed by atoms with E-state index >= 15 is 0 Å². The first-order chi connectivity index (χ1) is 19.2. The summed E-state index contributed by atoms with van der Waals surface area (Å²) in [6, 6.07) is 16.0. The molecule has 1 atom stereocenters. The average Bonchev–Trinajstić information content (AvgIpc) is 3.38. The first-order valence-electron chi connectivity index (χ1n) is 12.4. The third kappa shape index (κ3) is 5.79. The smallest absolute Gasteiger partial charge is 0.255 e. The van der Waals surface area contributed by atoms with Crippen LogP contribution >= 0.6 is 39.1 Å². The highest BCUT2D eigenvalue weighted by atomic mass is 79.9. The van der Waals surface area contributed by atoms with Crippen molar-refractivity contribution in [2.45, 2.75) is 33.4 Å². The number of carbonyl (C=O) groups excluding carboxylic acids is 1. The SMILES string of the molecule is CCOc1cc(C2C(C(=O)Nc3ccc(C)cc3)=C(C)Nc3nnnn32)cc(Br)c1OCc1ccc(Cl)c(Cl)c1. The van der Waals surface area contributed by atoms with E-state index in [1.807, 2.05) is 63.2 Å². The molecule has 12 heteroatoms. The van der Waals surface area contributed by atoms with E-state index in [0.29, 0.717) is 55.5 Å². The summed E-state index contributed by atoms with van der Waals surface area (Å²) in [5.74, 6) is 1.14. The van der Waals surface area contributed by atoms with Crippen LogP contribution in [0.2, 0.25) is 10.0 Å². The van der Waals surface area contributed by atoms with Gasteiger partial charge in [0.15, 0.2) is 11.5 Å². The van der Waals surface area contributed by atoms with Gasteiger partial charge in [-0.25, -0.2) is 0 Å². The van der Waals surface area contributed by atoms with E-state index in [-0.39, 0.29) is 12.5 Å². The summed E-state index contributed by atoms with van der Waals surface area (Å²) < 4.78 is 14.4. The number of amides is 1. The zero-order valence-electron chi connectivity index (χ0n) is 21.8. The minimum atomic E-state index is -0.642. The highest BCUT2D eigenvalue weighted by molar-refractivity contribution is 9.10. The molecular formula is C28H25BrCl2N6O3. The summed E-state index contributed by atoms with van der Waals surface area (Å²) in [6.45, 7) is 6.34. The molecule has 1 unspecified atom stereocenters. The number of carbonyl (C=O) groups is 1. The fraction of sp³-hybridized carbons (Fsp3) is 0.214. The fourth-order valence-corrected chi connectivity index (χ4v) is 5.28. The third-order valence-electron chi connectivity index (χ3n) is 6.28. The van der Waals surface area contributed by atoms with E-state index < -0.39 is 6.04 Å². The van der Waals surface area contributed by atoms with Gasteiger partial charge < -0.3 is 20.1 Å². The lowest BCUT2D eigenvalue weighted by Crippen LogP contribution is -2.31. The van der Waals surface area contributed by atoms with Crippen LogP contribution in [0, 0.1) is 6.92 Å². The molecule has 0 aliphatic carbocycles. The lowest BCUT2D eigenvalue weighted by molar-refractivity contribution is -0.113. The first kappa shape index (κ1) is 27.9. The average molecular weight is 644 g/mol. The van der Waals surface area contributed by atoms with Gasteiger partial charge in [-0.2, -0.15) is 4.68 Å². The van der Waals surface area contributed by atoms with Crippen LogP contribution in [0.1, 0.15) is 36.6 Å². The third-order valence-corrected chi connectivity index (χ3v) is 7.61. The maximum Gasteiger partial charge on any atom is 0.255 e. The largest absolute Gasteiger partial charge is 0.490 e. The molecule has 0 spiro atoms. The Hall–Kier alpha value is -3.60. The summed E-state index contributed by atoms with van der Waals surface area (Å²) in [7, 11) is 0. The number of hydrogen-bond acceptors (Lipinski definition) is 7. The number of benzene rings is 3. The van der Waals surface area contributed by atoms with Gasteiger partial charge >= 0.3 is 0 Å². The monoisotopic (exact) mass is 642 g/mol. The van der Waals surface area contributed by atoms with Crippen molar-refractivity contribution >= 4 is 56.7 Å². The van der Waals surface area contributed by atoms with Crippen molar-refractivity contribution in [3.8, 4) is 11.5 Å². The number of nitrogens with one attached hydrogen (secondary N) is 2. The van der Waals surface area contributed by atoms with Crippen molar-refractivity contribution < 1.29 is 14.3 Å². The van der Waals surface area contributed by atoms with Crippen LogP contribution in [-0.4, -0.2) is 32.7 Å². The van der Waals surface area contributed by atoms with E-state index in [4.69, 9.17) is 32.7 Å². The second kappa shape index (κ2) is 11.9. The fourth-order valence-electron chi connectivity index (χ4n) is 4.38. The molecule has 1 amide bonds. The molecule has 3 aromatic carbocycles. The number of fused-ring (bicyclic) bond motifs is 1. The Bertz CT molecular complexity index is 1610. The number of aromatic nitrogens is 4. The summed E-state index contributed by atoms with van der Waals surface area (Å²) in [6.07, 6.45) is 0. The lowest BCUT2D eigenvalue weighted by atomic mass is 9.94. The Morgan fingerprint density at radius 1 is 1.07 bits per heavy atom. The zero-order valence-corrected chi connectivity index (χ0v) is 24.9. The predicted octanol–water partition coefficient (Wildman–Crippen LogP) is 6.96. The molecule has 2 N–H and O–H groups in total. The van der Waals surface area contributed by atoms with Crippen molar-refractivity contribution in [1.82, 2.24) is 20.2 Å². The van der Waals surface area contributed by atoms with E-state index in [9.17, 15) is 4.79 Å². The number of halogens is 3.